The lowest BCUT2D eigenvalue weighted by Gasteiger charge is -2.18. The number of hydrogen-bond acceptors (Lipinski definition) is 4. The average Bonchev–Trinajstić information content (AvgIpc) is 3.15. The van der Waals surface area contributed by atoms with Crippen LogP contribution in [0.15, 0.2) is 65.8 Å². The molecular weight excluding hydrogens is 416 g/mol. The Balaban J connectivity index is 1.80. The highest BCUT2D eigenvalue weighted by Crippen LogP contribution is 2.30. The maximum atomic E-state index is 12.5. The number of thioether (sulfide) groups is 1. The molecule has 6 heteroatoms. The van der Waals surface area contributed by atoms with Gasteiger partial charge in [0, 0.05) is 20.5 Å². The minimum absolute atomic E-state index is 0.0563. The van der Waals surface area contributed by atoms with Gasteiger partial charge < -0.3 is 4.90 Å². The standard InChI is InChI=1S/C26H28N4OS/c1-17-13-14-23(18(2)15-17)30-24(27-28-26(30)32-19(3)25(31)29(4)5)16-21-11-8-10-20-9-6-7-12-22(20)21/h6-15,19H,16H2,1-5H3. The first kappa shape index (κ1) is 22.1. The summed E-state index contributed by atoms with van der Waals surface area (Å²) in [5.41, 5.74) is 4.61. The Kier molecular flexibility index (Phi) is 6.33. The number of fused-ring (bicyclic) bond motifs is 1. The number of aryl methyl sites for hydroxylation is 2. The number of carbonyl (C=O) groups is 1. The highest BCUT2D eigenvalue weighted by molar-refractivity contribution is 8.00. The average molecular weight is 445 g/mol. The van der Waals surface area contributed by atoms with E-state index >= 15 is 0 Å². The summed E-state index contributed by atoms with van der Waals surface area (Å²) in [6.07, 6.45) is 0.651. The SMILES string of the molecule is Cc1ccc(-n2c(Cc3cccc4ccccc34)nnc2SC(C)C(=O)N(C)C)c(C)c1. The second-order valence-electron chi connectivity index (χ2n) is 8.33. The van der Waals surface area contributed by atoms with Crippen molar-refractivity contribution >= 4 is 28.4 Å². The lowest BCUT2D eigenvalue weighted by Crippen LogP contribution is -2.29. The molecule has 0 spiro atoms. The summed E-state index contributed by atoms with van der Waals surface area (Å²) >= 11 is 1.45. The van der Waals surface area contributed by atoms with Crippen molar-refractivity contribution in [1.29, 1.82) is 0 Å². The highest BCUT2D eigenvalue weighted by atomic mass is 32.2. The fraction of sp³-hybridized carbons (Fsp3) is 0.269. The summed E-state index contributed by atoms with van der Waals surface area (Å²) in [4.78, 5) is 14.1. The van der Waals surface area contributed by atoms with Crippen molar-refractivity contribution < 1.29 is 4.79 Å². The van der Waals surface area contributed by atoms with E-state index in [0.717, 1.165) is 22.2 Å². The normalized spacial score (nSPS) is 12.2. The Hall–Kier alpha value is -3.12. The van der Waals surface area contributed by atoms with E-state index in [-0.39, 0.29) is 11.2 Å². The van der Waals surface area contributed by atoms with E-state index in [4.69, 9.17) is 0 Å². The number of rotatable bonds is 6. The van der Waals surface area contributed by atoms with Crippen molar-refractivity contribution in [2.75, 3.05) is 14.1 Å². The molecule has 0 aliphatic heterocycles. The Labute approximate surface area is 193 Å². The van der Waals surface area contributed by atoms with Crippen molar-refractivity contribution in [1.82, 2.24) is 19.7 Å². The van der Waals surface area contributed by atoms with Gasteiger partial charge in [-0.2, -0.15) is 0 Å². The van der Waals surface area contributed by atoms with Gasteiger partial charge in [0.05, 0.1) is 10.9 Å². The smallest absolute Gasteiger partial charge is 0.235 e. The third-order valence-corrected chi connectivity index (χ3v) is 6.62. The van der Waals surface area contributed by atoms with Gasteiger partial charge in [-0.1, -0.05) is 71.9 Å². The van der Waals surface area contributed by atoms with Gasteiger partial charge in [0.25, 0.3) is 0 Å². The van der Waals surface area contributed by atoms with Gasteiger partial charge in [0.1, 0.15) is 5.82 Å². The van der Waals surface area contributed by atoms with Gasteiger partial charge in [-0.15, -0.1) is 10.2 Å². The molecule has 1 atom stereocenters. The third kappa shape index (κ3) is 4.41. The molecule has 0 bridgehead atoms. The Morgan fingerprint density at radius 2 is 1.78 bits per heavy atom. The maximum Gasteiger partial charge on any atom is 0.235 e. The van der Waals surface area contributed by atoms with Crippen LogP contribution < -0.4 is 0 Å². The lowest BCUT2D eigenvalue weighted by molar-refractivity contribution is -0.127. The molecule has 0 aliphatic carbocycles. The molecule has 1 unspecified atom stereocenters. The summed E-state index contributed by atoms with van der Waals surface area (Å²) in [6, 6.07) is 21.1. The van der Waals surface area contributed by atoms with E-state index in [1.54, 1.807) is 19.0 Å². The van der Waals surface area contributed by atoms with Crippen molar-refractivity contribution in [3.05, 3.63) is 83.2 Å². The van der Waals surface area contributed by atoms with Crippen LogP contribution in [0.3, 0.4) is 0 Å². The summed E-state index contributed by atoms with van der Waals surface area (Å²) in [6.45, 7) is 6.11. The van der Waals surface area contributed by atoms with Crippen molar-refractivity contribution in [2.45, 2.75) is 37.6 Å². The number of nitrogens with zero attached hydrogens (tertiary/aromatic N) is 4. The van der Waals surface area contributed by atoms with E-state index in [0.29, 0.717) is 6.42 Å². The van der Waals surface area contributed by atoms with E-state index in [9.17, 15) is 4.79 Å². The summed E-state index contributed by atoms with van der Waals surface area (Å²) < 4.78 is 2.11. The third-order valence-electron chi connectivity index (χ3n) is 5.59. The van der Waals surface area contributed by atoms with Gasteiger partial charge >= 0.3 is 0 Å². The molecule has 0 saturated carbocycles. The summed E-state index contributed by atoms with van der Waals surface area (Å²) in [7, 11) is 3.56. The number of hydrogen-bond donors (Lipinski definition) is 0. The van der Waals surface area contributed by atoms with Crippen LogP contribution in [-0.4, -0.2) is 44.9 Å². The first-order valence-corrected chi connectivity index (χ1v) is 11.6. The molecule has 0 fully saturated rings. The number of aromatic nitrogens is 3. The second kappa shape index (κ2) is 9.17. The van der Waals surface area contributed by atoms with Crippen LogP contribution in [0.2, 0.25) is 0 Å². The Morgan fingerprint density at radius 3 is 2.53 bits per heavy atom. The van der Waals surface area contributed by atoms with Crippen LogP contribution in [0.5, 0.6) is 0 Å². The predicted molar refractivity (Wildman–Crippen MR) is 132 cm³/mol. The molecule has 4 aromatic rings. The van der Waals surface area contributed by atoms with Crippen LogP contribution in [0.1, 0.15) is 29.4 Å². The monoisotopic (exact) mass is 444 g/mol. The molecule has 0 saturated heterocycles. The zero-order chi connectivity index (χ0) is 22.8. The number of amides is 1. The first-order valence-electron chi connectivity index (χ1n) is 10.7. The molecule has 0 aliphatic rings. The molecule has 1 aromatic heterocycles. The van der Waals surface area contributed by atoms with Gasteiger partial charge in [-0.05, 0) is 48.7 Å². The maximum absolute atomic E-state index is 12.5. The first-order chi connectivity index (χ1) is 15.3. The van der Waals surface area contributed by atoms with Gasteiger partial charge in [-0.25, -0.2) is 0 Å². The molecule has 4 rings (SSSR count). The summed E-state index contributed by atoms with van der Waals surface area (Å²) in [5, 5.41) is 12.0. The van der Waals surface area contributed by atoms with Crippen LogP contribution in [0.25, 0.3) is 16.5 Å². The Bertz CT molecular complexity index is 1270. The van der Waals surface area contributed by atoms with Crippen molar-refractivity contribution in [3.8, 4) is 5.69 Å². The van der Waals surface area contributed by atoms with Crippen LogP contribution in [0.4, 0.5) is 0 Å². The van der Waals surface area contributed by atoms with E-state index in [1.165, 1.54) is 33.7 Å². The van der Waals surface area contributed by atoms with Gasteiger partial charge in [0.2, 0.25) is 5.91 Å². The largest absolute Gasteiger partial charge is 0.348 e. The molecule has 0 radical (unpaired) electrons. The molecule has 1 heterocycles. The minimum atomic E-state index is -0.260. The number of carbonyl (C=O) groups excluding carboxylic acids is 1. The molecule has 5 nitrogen and oxygen atoms in total. The predicted octanol–water partition coefficient (Wildman–Crippen LogP) is 5.20. The molecule has 3 aromatic carbocycles. The van der Waals surface area contributed by atoms with E-state index < -0.39 is 0 Å². The Morgan fingerprint density at radius 1 is 1.03 bits per heavy atom. The van der Waals surface area contributed by atoms with Crippen molar-refractivity contribution in [2.24, 2.45) is 0 Å². The zero-order valence-corrected chi connectivity index (χ0v) is 20.0. The summed E-state index contributed by atoms with van der Waals surface area (Å²) in [5.74, 6) is 0.918. The lowest BCUT2D eigenvalue weighted by atomic mass is 10.0. The van der Waals surface area contributed by atoms with Gasteiger partial charge in [-0.3, -0.25) is 9.36 Å². The number of benzene rings is 3. The molecular formula is C26H28N4OS. The molecule has 1 amide bonds. The van der Waals surface area contributed by atoms with E-state index in [2.05, 4.69) is 89.3 Å². The molecule has 164 valence electrons. The molecule has 32 heavy (non-hydrogen) atoms. The second-order valence-corrected chi connectivity index (χ2v) is 9.64. The fourth-order valence-corrected chi connectivity index (χ4v) is 5.00. The van der Waals surface area contributed by atoms with Crippen LogP contribution >= 0.6 is 11.8 Å². The van der Waals surface area contributed by atoms with E-state index in [1.807, 2.05) is 6.92 Å². The van der Waals surface area contributed by atoms with Crippen molar-refractivity contribution in [3.63, 3.8) is 0 Å². The van der Waals surface area contributed by atoms with Crippen LogP contribution in [-0.2, 0) is 11.2 Å². The highest BCUT2D eigenvalue weighted by Gasteiger charge is 2.23. The van der Waals surface area contributed by atoms with Crippen LogP contribution in [0, 0.1) is 13.8 Å². The van der Waals surface area contributed by atoms with Gasteiger partial charge in [0.15, 0.2) is 5.16 Å². The fourth-order valence-electron chi connectivity index (χ4n) is 3.98. The minimum Gasteiger partial charge on any atom is -0.348 e. The topological polar surface area (TPSA) is 51.0 Å². The zero-order valence-electron chi connectivity index (χ0n) is 19.2. The molecule has 0 N–H and O–H groups in total. The quantitative estimate of drug-likeness (QED) is 0.384.